The van der Waals surface area contributed by atoms with E-state index in [9.17, 15) is 4.79 Å². The Morgan fingerprint density at radius 3 is 2.14 bits per heavy atom. The first kappa shape index (κ1) is 15.3. The molecule has 0 aliphatic rings. The highest BCUT2D eigenvalue weighted by Gasteiger charge is 2.09. The number of allylic oxidation sites excluding steroid dienone is 2. The van der Waals surface area contributed by atoms with Crippen molar-refractivity contribution in [1.29, 1.82) is 0 Å². The van der Waals surface area contributed by atoms with Gasteiger partial charge >= 0.3 is 5.97 Å². The second kappa shape index (κ2) is 11.9. The van der Waals surface area contributed by atoms with Crippen molar-refractivity contribution >= 4 is 5.97 Å². The second-order valence-corrected chi connectivity index (χ2v) is 2.70. The van der Waals surface area contributed by atoms with Gasteiger partial charge < -0.3 is 16.6 Å². The summed E-state index contributed by atoms with van der Waals surface area (Å²) in [7, 11) is 0. The number of unbranched alkanes of at least 4 members (excludes halogenated alkanes) is 1. The average molecular weight is 200 g/mol. The van der Waals surface area contributed by atoms with Crippen molar-refractivity contribution in [3.8, 4) is 0 Å². The SMILES string of the molecule is C=CC=C.NCCCC[C@@H](N)C(=O)O. The monoisotopic (exact) mass is 200 g/mol. The molecule has 0 saturated heterocycles. The van der Waals surface area contributed by atoms with Gasteiger partial charge in [-0.05, 0) is 19.4 Å². The van der Waals surface area contributed by atoms with Crippen molar-refractivity contribution in [3.63, 3.8) is 0 Å². The van der Waals surface area contributed by atoms with E-state index in [0.29, 0.717) is 13.0 Å². The third-order valence-electron chi connectivity index (χ3n) is 1.45. The molecule has 1 atom stereocenters. The molecule has 0 bridgehead atoms. The molecule has 0 radical (unpaired) electrons. The summed E-state index contributed by atoms with van der Waals surface area (Å²) in [4.78, 5) is 10.1. The van der Waals surface area contributed by atoms with Gasteiger partial charge in [0.05, 0.1) is 0 Å². The fraction of sp³-hybridized carbons (Fsp3) is 0.500. The lowest BCUT2D eigenvalue weighted by molar-refractivity contribution is -0.138. The van der Waals surface area contributed by atoms with E-state index in [-0.39, 0.29) is 0 Å². The molecular formula is C10H20N2O2. The average Bonchev–Trinajstić information content (AvgIpc) is 2.18. The molecule has 0 aromatic carbocycles. The summed E-state index contributed by atoms with van der Waals surface area (Å²) in [5, 5.41) is 8.33. The van der Waals surface area contributed by atoms with Crippen molar-refractivity contribution in [2.24, 2.45) is 11.5 Å². The number of carboxylic acid groups (broad SMARTS) is 1. The molecule has 0 saturated carbocycles. The van der Waals surface area contributed by atoms with E-state index in [2.05, 4.69) is 13.2 Å². The number of hydrogen-bond acceptors (Lipinski definition) is 3. The number of carboxylic acids is 1. The molecule has 5 N–H and O–H groups in total. The molecule has 0 amide bonds. The van der Waals surface area contributed by atoms with Gasteiger partial charge in [-0.15, -0.1) is 0 Å². The van der Waals surface area contributed by atoms with Crippen LogP contribution in [0.1, 0.15) is 19.3 Å². The molecule has 14 heavy (non-hydrogen) atoms. The van der Waals surface area contributed by atoms with Gasteiger partial charge in [0, 0.05) is 0 Å². The van der Waals surface area contributed by atoms with Gasteiger partial charge in [-0.25, -0.2) is 0 Å². The summed E-state index contributed by atoms with van der Waals surface area (Å²) >= 11 is 0. The third-order valence-corrected chi connectivity index (χ3v) is 1.45. The summed E-state index contributed by atoms with van der Waals surface area (Å²) in [6.45, 7) is 7.33. The lowest BCUT2D eigenvalue weighted by Gasteiger charge is -2.03. The van der Waals surface area contributed by atoms with Crippen LogP contribution in [0, 0.1) is 0 Å². The van der Waals surface area contributed by atoms with Crippen LogP contribution in [0.5, 0.6) is 0 Å². The van der Waals surface area contributed by atoms with Crippen molar-refractivity contribution in [3.05, 3.63) is 25.3 Å². The number of rotatable bonds is 6. The Morgan fingerprint density at radius 1 is 1.36 bits per heavy atom. The zero-order valence-corrected chi connectivity index (χ0v) is 8.48. The van der Waals surface area contributed by atoms with Crippen LogP contribution in [0.3, 0.4) is 0 Å². The third kappa shape index (κ3) is 13.5. The first-order chi connectivity index (χ1) is 6.59. The number of nitrogens with two attached hydrogens (primary N) is 2. The highest BCUT2D eigenvalue weighted by molar-refractivity contribution is 5.72. The van der Waals surface area contributed by atoms with E-state index >= 15 is 0 Å². The van der Waals surface area contributed by atoms with Crippen LogP contribution in [0.2, 0.25) is 0 Å². The molecule has 0 fully saturated rings. The van der Waals surface area contributed by atoms with E-state index in [1.165, 1.54) is 0 Å². The summed E-state index contributed by atoms with van der Waals surface area (Å²) in [5.41, 5.74) is 10.4. The first-order valence-electron chi connectivity index (χ1n) is 4.52. The quantitative estimate of drug-likeness (QED) is 0.438. The van der Waals surface area contributed by atoms with E-state index in [0.717, 1.165) is 12.8 Å². The van der Waals surface area contributed by atoms with E-state index in [4.69, 9.17) is 16.6 Å². The number of hydrogen-bond donors (Lipinski definition) is 3. The Kier molecular flexibility index (Phi) is 13.0. The van der Waals surface area contributed by atoms with Crippen molar-refractivity contribution < 1.29 is 9.90 Å². The molecular weight excluding hydrogens is 180 g/mol. The lowest BCUT2D eigenvalue weighted by atomic mass is 10.1. The Balaban J connectivity index is 0. The highest BCUT2D eigenvalue weighted by atomic mass is 16.4. The fourth-order valence-electron chi connectivity index (χ4n) is 0.632. The predicted molar refractivity (Wildman–Crippen MR) is 58.9 cm³/mol. The van der Waals surface area contributed by atoms with Crippen LogP contribution < -0.4 is 11.5 Å². The maximum absolute atomic E-state index is 10.1. The Labute approximate surface area is 85.3 Å². The number of aliphatic carboxylic acids is 1. The van der Waals surface area contributed by atoms with Gasteiger partial charge in [0.2, 0.25) is 0 Å². The summed E-state index contributed by atoms with van der Waals surface area (Å²) < 4.78 is 0. The van der Waals surface area contributed by atoms with Gasteiger partial charge in [0.1, 0.15) is 6.04 Å². The van der Waals surface area contributed by atoms with Crippen LogP contribution >= 0.6 is 0 Å². The molecule has 82 valence electrons. The topological polar surface area (TPSA) is 89.3 Å². The zero-order valence-electron chi connectivity index (χ0n) is 8.48. The maximum atomic E-state index is 10.1. The van der Waals surface area contributed by atoms with Gasteiger partial charge in [0.15, 0.2) is 0 Å². The molecule has 0 aromatic heterocycles. The smallest absolute Gasteiger partial charge is 0.320 e. The molecule has 4 nitrogen and oxygen atoms in total. The largest absolute Gasteiger partial charge is 0.480 e. The second-order valence-electron chi connectivity index (χ2n) is 2.70. The molecule has 0 heterocycles. The minimum absolute atomic E-state index is 0.520. The minimum Gasteiger partial charge on any atom is -0.480 e. The fourth-order valence-corrected chi connectivity index (χ4v) is 0.632. The molecule has 0 unspecified atom stereocenters. The summed E-state index contributed by atoms with van der Waals surface area (Å²) in [5.74, 6) is -0.933. The highest BCUT2D eigenvalue weighted by Crippen LogP contribution is 1.96. The molecule has 0 spiro atoms. The van der Waals surface area contributed by atoms with Crippen molar-refractivity contribution in [2.75, 3.05) is 6.54 Å². The maximum Gasteiger partial charge on any atom is 0.320 e. The summed E-state index contributed by atoms with van der Waals surface area (Å²) in [6, 6.07) is -0.716. The van der Waals surface area contributed by atoms with E-state index < -0.39 is 12.0 Å². The lowest BCUT2D eigenvalue weighted by Crippen LogP contribution is -2.29. The van der Waals surface area contributed by atoms with Gasteiger partial charge in [-0.2, -0.15) is 0 Å². The van der Waals surface area contributed by atoms with Crippen LogP contribution in [0.25, 0.3) is 0 Å². The summed E-state index contributed by atoms with van der Waals surface area (Å²) in [6.07, 6.45) is 5.44. The van der Waals surface area contributed by atoms with Crippen molar-refractivity contribution in [1.82, 2.24) is 0 Å². The van der Waals surface area contributed by atoms with Gasteiger partial charge in [-0.1, -0.05) is 31.7 Å². The van der Waals surface area contributed by atoms with Crippen LogP contribution in [-0.4, -0.2) is 23.7 Å². The minimum atomic E-state index is -0.933. The molecule has 0 aliphatic heterocycles. The van der Waals surface area contributed by atoms with Gasteiger partial charge in [-0.3, -0.25) is 4.79 Å². The Bertz CT molecular complexity index is 164. The van der Waals surface area contributed by atoms with Crippen LogP contribution in [0.4, 0.5) is 0 Å². The van der Waals surface area contributed by atoms with Gasteiger partial charge in [0.25, 0.3) is 0 Å². The zero-order chi connectivity index (χ0) is 11.4. The van der Waals surface area contributed by atoms with E-state index in [1.54, 1.807) is 12.2 Å². The molecule has 0 aliphatic carbocycles. The van der Waals surface area contributed by atoms with E-state index in [1.807, 2.05) is 0 Å². The number of carbonyl (C=O) groups is 1. The molecule has 0 rings (SSSR count). The molecule has 0 aromatic rings. The standard InChI is InChI=1S/C6H14N2O2.C4H6/c7-4-2-1-3-5(8)6(9)10;1-3-4-2/h5H,1-4,7-8H2,(H,9,10);3-4H,1-2H2/t5-;/m1./s1. The normalized spacial score (nSPS) is 10.7. The predicted octanol–water partition coefficient (Wildman–Crippen LogP) is 0.886. The first-order valence-corrected chi connectivity index (χ1v) is 4.52. The van der Waals surface area contributed by atoms with Crippen LogP contribution in [0.15, 0.2) is 25.3 Å². The van der Waals surface area contributed by atoms with Crippen LogP contribution in [-0.2, 0) is 4.79 Å². The van der Waals surface area contributed by atoms with Crippen molar-refractivity contribution in [2.45, 2.75) is 25.3 Å². The molecule has 4 heteroatoms. The Morgan fingerprint density at radius 2 is 1.86 bits per heavy atom. The Hall–Kier alpha value is -1.13.